The van der Waals surface area contributed by atoms with E-state index in [0.717, 1.165) is 12.1 Å². The standard InChI is InChI=1S/C15H17F3N2O3/c1-9(14(22)20-8-4-6-11(20)13(19)21)23-12-7-3-2-5-10(12)15(16,17)18/h2-3,5,7,9,11H,4,6,8H2,1H3,(H2,19,21). The molecule has 0 saturated carbocycles. The summed E-state index contributed by atoms with van der Waals surface area (Å²) in [5.41, 5.74) is 4.29. The van der Waals surface area contributed by atoms with Crippen LogP contribution in [0.3, 0.4) is 0 Å². The minimum atomic E-state index is -4.58. The molecule has 1 heterocycles. The van der Waals surface area contributed by atoms with Crippen molar-refractivity contribution in [2.75, 3.05) is 6.54 Å². The van der Waals surface area contributed by atoms with Crippen LogP contribution in [-0.2, 0) is 15.8 Å². The second kappa shape index (κ2) is 6.47. The van der Waals surface area contributed by atoms with Gasteiger partial charge in [-0.05, 0) is 31.9 Å². The lowest BCUT2D eigenvalue weighted by Gasteiger charge is -2.26. The molecule has 2 N–H and O–H groups in total. The van der Waals surface area contributed by atoms with E-state index < -0.39 is 41.4 Å². The average molecular weight is 330 g/mol. The highest BCUT2D eigenvalue weighted by Gasteiger charge is 2.37. The first-order valence-corrected chi connectivity index (χ1v) is 7.14. The van der Waals surface area contributed by atoms with Crippen molar-refractivity contribution in [2.45, 2.75) is 38.1 Å². The number of nitrogens with zero attached hydrogens (tertiary/aromatic N) is 1. The van der Waals surface area contributed by atoms with E-state index in [1.54, 1.807) is 0 Å². The SMILES string of the molecule is CC(Oc1ccccc1C(F)(F)F)C(=O)N1CCCC1C(N)=O. The third-order valence-corrected chi connectivity index (χ3v) is 3.71. The minimum Gasteiger partial charge on any atom is -0.480 e. The van der Waals surface area contributed by atoms with E-state index in [-0.39, 0.29) is 0 Å². The van der Waals surface area contributed by atoms with Gasteiger partial charge in [0.1, 0.15) is 11.8 Å². The highest BCUT2D eigenvalue weighted by molar-refractivity contribution is 5.89. The molecule has 0 aliphatic carbocycles. The topological polar surface area (TPSA) is 72.6 Å². The summed E-state index contributed by atoms with van der Waals surface area (Å²) in [7, 11) is 0. The van der Waals surface area contributed by atoms with Crippen LogP contribution in [0.5, 0.6) is 5.75 Å². The Bertz CT molecular complexity index is 604. The Balaban J connectivity index is 2.15. The monoisotopic (exact) mass is 330 g/mol. The highest BCUT2D eigenvalue weighted by atomic mass is 19.4. The smallest absolute Gasteiger partial charge is 0.419 e. The molecular formula is C15H17F3N2O3. The first kappa shape index (κ1) is 17.1. The first-order valence-electron chi connectivity index (χ1n) is 7.14. The Kier molecular flexibility index (Phi) is 4.82. The molecule has 1 aliphatic heterocycles. The summed E-state index contributed by atoms with van der Waals surface area (Å²) in [4.78, 5) is 24.9. The van der Waals surface area contributed by atoms with Gasteiger partial charge in [0, 0.05) is 6.54 Å². The molecule has 1 aromatic rings. The van der Waals surface area contributed by atoms with E-state index in [9.17, 15) is 22.8 Å². The number of primary amides is 1. The first-order chi connectivity index (χ1) is 10.7. The van der Waals surface area contributed by atoms with Gasteiger partial charge >= 0.3 is 6.18 Å². The number of ether oxygens (including phenoxy) is 1. The predicted molar refractivity (Wildman–Crippen MR) is 75.5 cm³/mol. The molecule has 2 unspecified atom stereocenters. The zero-order valence-corrected chi connectivity index (χ0v) is 12.5. The molecule has 23 heavy (non-hydrogen) atoms. The van der Waals surface area contributed by atoms with Crippen LogP contribution < -0.4 is 10.5 Å². The summed E-state index contributed by atoms with van der Waals surface area (Å²) in [5.74, 6) is -1.60. The number of amides is 2. The van der Waals surface area contributed by atoms with Gasteiger partial charge in [-0.15, -0.1) is 0 Å². The van der Waals surface area contributed by atoms with Crippen molar-refractivity contribution < 1.29 is 27.5 Å². The zero-order chi connectivity index (χ0) is 17.2. The van der Waals surface area contributed by atoms with Gasteiger partial charge in [-0.2, -0.15) is 13.2 Å². The fourth-order valence-corrected chi connectivity index (χ4v) is 2.60. The van der Waals surface area contributed by atoms with Crippen LogP contribution in [0.15, 0.2) is 24.3 Å². The van der Waals surface area contributed by atoms with Crippen LogP contribution in [-0.4, -0.2) is 35.4 Å². The lowest BCUT2D eigenvalue weighted by atomic mass is 10.2. The van der Waals surface area contributed by atoms with Gasteiger partial charge in [0.2, 0.25) is 5.91 Å². The number of hydrogen-bond acceptors (Lipinski definition) is 3. The molecule has 2 rings (SSSR count). The molecular weight excluding hydrogens is 313 g/mol. The molecule has 1 saturated heterocycles. The third kappa shape index (κ3) is 3.75. The third-order valence-electron chi connectivity index (χ3n) is 3.71. The molecule has 0 bridgehead atoms. The van der Waals surface area contributed by atoms with Crippen molar-refractivity contribution in [3.05, 3.63) is 29.8 Å². The van der Waals surface area contributed by atoms with Crippen LogP contribution in [0.4, 0.5) is 13.2 Å². The van der Waals surface area contributed by atoms with E-state index in [1.165, 1.54) is 24.0 Å². The summed E-state index contributed by atoms with van der Waals surface area (Å²) in [5, 5.41) is 0. The molecule has 0 radical (unpaired) electrons. The molecule has 126 valence electrons. The lowest BCUT2D eigenvalue weighted by molar-refractivity contribution is -0.145. The number of likely N-dealkylation sites (tertiary alicyclic amines) is 1. The van der Waals surface area contributed by atoms with E-state index in [4.69, 9.17) is 10.5 Å². The van der Waals surface area contributed by atoms with Crippen LogP contribution in [0, 0.1) is 0 Å². The van der Waals surface area contributed by atoms with Crippen molar-refractivity contribution in [1.82, 2.24) is 4.90 Å². The molecule has 0 spiro atoms. The minimum absolute atomic E-state index is 0.334. The second-order valence-corrected chi connectivity index (χ2v) is 5.35. The summed E-state index contributed by atoms with van der Waals surface area (Å²) >= 11 is 0. The number of carbonyl (C=O) groups is 2. The van der Waals surface area contributed by atoms with Crippen LogP contribution in [0.2, 0.25) is 0 Å². The summed E-state index contributed by atoms with van der Waals surface area (Å²) < 4.78 is 44.0. The number of alkyl halides is 3. The summed E-state index contributed by atoms with van der Waals surface area (Å²) in [6.45, 7) is 1.69. The van der Waals surface area contributed by atoms with Gasteiger partial charge in [-0.3, -0.25) is 9.59 Å². The van der Waals surface area contributed by atoms with Gasteiger partial charge in [0.15, 0.2) is 6.10 Å². The molecule has 8 heteroatoms. The molecule has 2 atom stereocenters. The maximum Gasteiger partial charge on any atom is 0.419 e. The predicted octanol–water partition coefficient (Wildman–Crippen LogP) is 1.95. The van der Waals surface area contributed by atoms with Crippen LogP contribution in [0.25, 0.3) is 0 Å². The second-order valence-electron chi connectivity index (χ2n) is 5.35. The highest BCUT2D eigenvalue weighted by Crippen LogP contribution is 2.36. The van der Waals surface area contributed by atoms with Crippen molar-refractivity contribution in [2.24, 2.45) is 5.73 Å². The maximum absolute atomic E-state index is 12.9. The number of benzene rings is 1. The molecule has 5 nitrogen and oxygen atoms in total. The zero-order valence-electron chi connectivity index (χ0n) is 12.5. The molecule has 1 aromatic carbocycles. The Morgan fingerprint density at radius 3 is 2.61 bits per heavy atom. The van der Waals surface area contributed by atoms with Crippen molar-refractivity contribution >= 4 is 11.8 Å². The quantitative estimate of drug-likeness (QED) is 0.917. The number of rotatable bonds is 4. The van der Waals surface area contributed by atoms with Gasteiger partial charge in [-0.25, -0.2) is 0 Å². The van der Waals surface area contributed by atoms with Crippen molar-refractivity contribution in [3.63, 3.8) is 0 Å². The van der Waals surface area contributed by atoms with Gasteiger partial charge < -0.3 is 15.4 Å². The maximum atomic E-state index is 12.9. The number of nitrogens with two attached hydrogens (primary N) is 1. The molecule has 0 aromatic heterocycles. The van der Waals surface area contributed by atoms with Crippen molar-refractivity contribution in [1.29, 1.82) is 0 Å². The Labute approximate surface area is 131 Å². The summed E-state index contributed by atoms with van der Waals surface area (Å²) in [6.07, 6.45) is -4.67. The van der Waals surface area contributed by atoms with E-state index in [2.05, 4.69) is 0 Å². The number of halogens is 3. The number of carbonyl (C=O) groups excluding carboxylic acids is 2. The van der Waals surface area contributed by atoms with Gasteiger partial charge in [0.05, 0.1) is 5.56 Å². The lowest BCUT2D eigenvalue weighted by Crippen LogP contribution is -2.48. The average Bonchev–Trinajstić information content (AvgIpc) is 2.95. The fraction of sp³-hybridized carbons (Fsp3) is 0.467. The van der Waals surface area contributed by atoms with Gasteiger partial charge in [-0.1, -0.05) is 12.1 Å². The Morgan fingerprint density at radius 2 is 2.00 bits per heavy atom. The fourth-order valence-electron chi connectivity index (χ4n) is 2.60. The van der Waals surface area contributed by atoms with Crippen molar-refractivity contribution in [3.8, 4) is 5.75 Å². The van der Waals surface area contributed by atoms with Gasteiger partial charge in [0.25, 0.3) is 5.91 Å². The molecule has 1 aliphatic rings. The number of para-hydroxylation sites is 1. The van der Waals surface area contributed by atoms with Crippen LogP contribution in [0.1, 0.15) is 25.3 Å². The van der Waals surface area contributed by atoms with E-state index >= 15 is 0 Å². The Morgan fingerprint density at radius 1 is 1.35 bits per heavy atom. The molecule has 2 amide bonds. The number of hydrogen-bond donors (Lipinski definition) is 1. The summed E-state index contributed by atoms with van der Waals surface area (Å²) in [6, 6.07) is 3.94. The largest absolute Gasteiger partial charge is 0.480 e. The molecule has 1 fully saturated rings. The van der Waals surface area contributed by atoms with E-state index in [0.29, 0.717) is 19.4 Å². The Hall–Kier alpha value is -2.25. The van der Waals surface area contributed by atoms with Crippen LogP contribution >= 0.6 is 0 Å². The normalized spacial score (nSPS) is 19.5. The van der Waals surface area contributed by atoms with E-state index in [1.807, 2.05) is 0 Å².